The molecule has 26 heavy (non-hydrogen) atoms. The van der Waals surface area contributed by atoms with E-state index in [2.05, 4.69) is 15.1 Å². The molecular formula is C16H20Cl2N4O4. The molecule has 4 atom stereocenters. The number of nitrogens with one attached hydrogen (secondary N) is 1. The number of fused-ring (bicyclic) bond motifs is 2. The van der Waals surface area contributed by atoms with Crippen molar-refractivity contribution in [2.24, 2.45) is 0 Å². The molecule has 2 aliphatic carbocycles. The second-order valence-corrected chi connectivity index (χ2v) is 7.88. The molecule has 1 aliphatic heterocycles. The van der Waals surface area contributed by atoms with Crippen molar-refractivity contribution < 1.29 is 19.3 Å². The van der Waals surface area contributed by atoms with Crippen molar-refractivity contribution in [1.82, 2.24) is 19.7 Å². The van der Waals surface area contributed by atoms with Crippen LogP contribution >= 0.6 is 23.2 Å². The maximum atomic E-state index is 9.13. The van der Waals surface area contributed by atoms with Gasteiger partial charge in [0.15, 0.2) is 16.6 Å². The lowest BCUT2D eigenvalue weighted by molar-refractivity contribution is -0.190. The normalized spacial score (nSPS) is 32.9. The molecule has 0 bridgehead atoms. The predicted octanol–water partition coefficient (Wildman–Crippen LogP) is 2.44. The SMILES string of the molecule is OCCOC1C[C@@H](n2[nH]c3c(Cl)nc(Cl)nc32)[C@@H]2OC3(CCCC3)O[C@H]12. The lowest BCUT2D eigenvalue weighted by atomic mass is 10.2. The van der Waals surface area contributed by atoms with Crippen LogP contribution in [0.1, 0.15) is 38.1 Å². The highest BCUT2D eigenvalue weighted by Crippen LogP contribution is 2.51. The molecule has 8 nitrogen and oxygen atoms in total. The van der Waals surface area contributed by atoms with Crippen molar-refractivity contribution in [2.75, 3.05) is 13.2 Å². The summed E-state index contributed by atoms with van der Waals surface area (Å²) in [5, 5.41) is 12.7. The Labute approximate surface area is 159 Å². The van der Waals surface area contributed by atoms with Crippen LogP contribution in [0.15, 0.2) is 0 Å². The van der Waals surface area contributed by atoms with Gasteiger partial charge >= 0.3 is 0 Å². The van der Waals surface area contributed by atoms with Gasteiger partial charge in [0.2, 0.25) is 5.28 Å². The Morgan fingerprint density at radius 3 is 2.77 bits per heavy atom. The van der Waals surface area contributed by atoms with Crippen LogP contribution in [0.4, 0.5) is 0 Å². The van der Waals surface area contributed by atoms with Crippen molar-refractivity contribution in [2.45, 2.75) is 62.2 Å². The van der Waals surface area contributed by atoms with E-state index in [1.165, 1.54) is 0 Å². The van der Waals surface area contributed by atoms with E-state index in [0.29, 0.717) is 22.7 Å². The molecule has 3 heterocycles. The number of aliphatic hydroxyl groups is 1. The van der Waals surface area contributed by atoms with E-state index >= 15 is 0 Å². The molecule has 0 radical (unpaired) electrons. The van der Waals surface area contributed by atoms with Crippen LogP contribution in [0.5, 0.6) is 0 Å². The minimum absolute atomic E-state index is 0.0200. The number of aromatic amines is 1. The third-order valence-corrected chi connectivity index (χ3v) is 6.09. The van der Waals surface area contributed by atoms with Crippen molar-refractivity contribution >= 4 is 34.4 Å². The largest absolute Gasteiger partial charge is 0.394 e. The molecule has 3 fully saturated rings. The van der Waals surface area contributed by atoms with Gasteiger partial charge in [0.25, 0.3) is 0 Å². The Kier molecular flexibility index (Phi) is 4.19. The van der Waals surface area contributed by atoms with Gasteiger partial charge in [-0.2, -0.15) is 4.98 Å². The van der Waals surface area contributed by atoms with Crippen molar-refractivity contribution in [1.29, 1.82) is 0 Å². The lowest BCUT2D eigenvalue weighted by Crippen LogP contribution is -2.32. The summed E-state index contributed by atoms with van der Waals surface area (Å²) in [5.41, 5.74) is 1.33. The third-order valence-electron chi connectivity index (χ3n) is 5.64. The fourth-order valence-electron chi connectivity index (χ4n) is 4.55. The average molecular weight is 403 g/mol. The topological polar surface area (TPSA) is 94.4 Å². The molecule has 0 amide bonds. The fraction of sp³-hybridized carbons (Fsp3) is 0.750. The number of halogens is 2. The fourth-order valence-corrected chi connectivity index (χ4v) is 4.96. The number of H-pyrrole nitrogens is 1. The number of aromatic nitrogens is 4. The van der Waals surface area contributed by atoms with E-state index in [-0.39, 0.29) is 42.9 Å². The van der Waals surface area contributed by atoms with Crippen molar-refractivity contribution in [3.05, 3.63) is 10.4 Å². The highest BCUT2D eigenvalue weighted by atomic mass is 35.5. The Balaban J connectivity index is 1.47. The molecule has 2 aromatic heterocycles. The lowest BCUT2D eigenvalue weighted by Gasteiger charge is -2.29. The van der Waals surface area contributed by atoms with Crippen molar-refractivity contribution in [3.8, 4) is 0 Å². The molecule has 0 aromatic carbocycles. The van der Waals surface area contributed by atoms with Crippen LogP contribution in [0.2, 0.25) is 10.4 Å². The zero-order valence-electron chi connectivity index (χ0n) is 14.0. The molecule has 1 spiro atoms. The van der Waals surface area contributed by atoms with Gasteiger partial charge in [0, 0.05) is 19.3 Å². The number of nitrogens with zero attached hydrogens (tertiary/aromatic N) is 3. The van der Waals surface area contributed by atoms with Crippen LogP contribution in [0.25, 0.3) is 11.2 Å². The quantitative estimate of drug-likeness (QED) is 0.602. The number of aliphatic hydroxyl groups excluding tert-OH is 1. The number of hydrogen-bond donors (Lipinski definition) is 2. The maximum absolute atomic E-state index is 9.13. The van der Waals surface area contributed by atoms with Gasteiger partial charge in [0.05, 0.1) is 25.4 Å². The summed E-state index contributed by atoms with van der Waals surface area (Å²) in [6, 6.07) is -0.0294. The van der Waals surface area contributed by atoms with Crippen LogP contribution in [0.3, 0.4) is 0 Å². The molecule has 3 aliphatic rings. The highest BCUT2D eigenvalue weighted by molar-refractivity contribution is 6.35. The predicted molar refractivity (Wildman–Crippen MR) is 93.3 cm³/mol. The summed E-state index contributed by atoms with van der Waals surface area (Å²) in [7, 11) is 0. The van der Waals surface area contributed by atoms with Crippen LogP contribution < -0.4 is 0 Å². The van der Waals surface area contributed by atoms with Gasteiger partial charge in [-0.3, -0.25) is 9.78 Å². The van der Waals surface area contributed by atoms with Crippen LogP contribution in [-0.2, 0) is 14.2 Å². The second kappa shape index (κ2) is 6.32. The van der Waals surface area contributed by atoms with E-state index in [9.17, 15) is 0 Å². The monoisotopic (exact) mass is 402 g/mol. The first kappa shape index (κ1) is 17.2. The van der Waals surface area contributed by atoms with Gasteiger partial charge < -0.3 is 19.3 Å². The van der Waals surface area contributed by atoms with E-state index in [1.807, 2.05) is 4.68 Å². The Bertz CT molecular complexity index is 819. The van der Waals surface area contributed by atoms with E-state index in [4.69, 9.17) is 42.5 Å². The number of rotatable bonds is 4. The van der Waals surface area contributed by atoms with E-state index in [0.717, 1.165) is 25.7 Å². The van der Waals surface area contributed by atoms with Gasteiger partial charge in [-0.05, 0) is 24.4 Å². The Morgan fingerprint density at radius 2 is 2.00 bits per heavy atom. The number of ether oxygens (including phenoxy) is 3. The van der Waals surface area contributed by atoms with E-state index < -0.39 is 5.79 Å². The first-order valence-corrected chi connectivity index (χ1v) is 9.73. The summed E-state index contributed by atoms with van der Waals surface area (Å²) in [4.78, 5) is 8.24. The summed E-state index contributed by atoms with van der Waals surface area (Å²) in [5.74, 6) is -0.497. The Hall–Kier alpha value is -0.900. The van der Waals surface area contributed by atoms with Gasteiger partial charge in [-0.15, -0.1) is 0 Å². The molecule has 142 valence electrons. The number of hydrogen-bond acceptors (Lipinski definition) is 6. The summed E-state index contributed by atoms with van der Waals surface area (Å²) >= 11 is 12.1. The highest BCUT2D eigenvalue weighted by Gasteiger charge is 2.59. The molecule has 10 heteroatoms. The zero-order valence-corrected chi connectivity index (χ0v) is 15.5. The second-order valence-electron chi connectivity index (χ2n) is 7.18. The zero-order chi connectivity index (χ0) is 17.9. The van der Waals surface area contributed by atoms with Gasteiger partial charge in [-0.1, -0.05) is 11.6 Å². The minimum atomic E-state index is -0.497. The molecule has 2 saturated carbocycles. The maximum Gasteiger partial charge on any atom is 0.225 e. The van der Waals surface area contributed by atoms with Crippen LogP contribution in [0, 0.1) is 0 Å². The molecule has 1 unspecified atom stereocenters. The molecule has 2 N–H and O–H groups in total. The van der Waals surface area contributed by atoms with Crippen molar-refractivity contribution in [3.63, 3.8) is 0 Å². The summed E-state index contributed by atoms with van der Waals surface area (Å²) < 4.78 is 20.6. The summed E-state index contributed by atoms with van der Waals surface area (Å²) in [6.45, 7) is 0.259. The molecule has 1 saturated heterocycles. The van der Waals surface area contributed by atoms with Gasteiger partial charge in [0.1, 0.15) is 17.7 Å². The smallest absolute Gasteiger partial charge is 0.225 e. The third kappa shape index (κ3) is 2.58. The molecule has 2 aromatic rings. The van der Waals surface area contributed by atoms with Gasteiger partial charge in [-0.25, -0.2) is 4.98 Å². The van der Waals surface area contributed by atoms with E-state index in [1.54, 1.807) is 0 Å². The summed E-state index contributed by atoms with van der Waals surface area (Å²) in [6.07, 6.45) is 4.26. The average Bonchev–Trinajstić information content (AvgIpc) is 3.27. The first-order valence-electron chi connectivity index (χ1n) is 8.97. The van der Waals surface area contributed by atoms with Crippen LogP contribution in [-0.4, -0.2) is 62.2 Å². The Morgan fingerprint density at radius 1 is 1.23 bits per heavy atom. The minimum Gasteiger partial charge on any atom is -0.394 e. The first-order chi connectivity index (χ1) is 12.6. The molecular weight excluding hydrogens is 383 g/mol. The standard InChI is InChI=1S/C16H20Cl2N4O4/c17-13-10-14(20-15(18)19-13)22(21-10)8-7-9(24-6-5-23)12-11(8)25-16(26-12)3-1-2-4-16/h8-9,11-12,21,23H,1-7H2/t8-,9?,11+,12-/m1/s1. The molecule has 5 rings (SSSR count).